The Morgan fingerprint density at radius 3 is 2.70 bits per heavy atom. The van der Waals surface area contributed by atoms with E-state index in [1.165, 1.54) is 32.1 Å². The van der Waals surface area contributed by atoms with Crippen LogP contribution in [-0.2, 0) is 0 Å². The Morgan fingerprint density at radius 2 is 1.90 bits per heavy atom. The quantitative estimate of drug-likeness (QED) is 0.553. The zero-order valence-corrected chi connectivity index (χ0v) is 12.3. The zero-order chi connectivity index (χ0) is 14.4. The van der Waals surface area contributed by atoms with E-state index in [4.69, 9.17) is 0 Å². The molecule has 110 valence electrons. The lowest BCUT2D eigenvalue weighted by molar-refractivity contribution is -0.823. The van der Waals surface area contributed by atoms with Crippen molar-refractivity contribution in [2.24, 2.45) is 0 Å². The number of hydrogen-bond acceptors (Lipinski definition) is 2. The average Bonchev–Trinajstić information content (AvgIpc) is 2.47. The van der Waals surface area contributed by atoms with Crippen LogP contribution in [0.25, 0.3) is 0 Å². The third-order valence-electron chi connectivity index (χ3n) is 4.03. The van der Waals surface area contributed by atoms with E-state index in [1.807, 2.05) is 24.3 Å². The van der Waals surface area contributed by atoms with Gasteiger partial charge >= 0.3 is 0 Å². The van der Waals surface area contributed by atoms with Gasteiger partial charge in [0.15, 0.2) is 0 Å². The van der Waals surface area contributed by atoms with Crippen LogP contribution in [0.3, 0.4) is 0 Å². The van der Waals surface area contributed by atoms with Gasteiger partial charge in [-0.3, -0.25) is 0 Å². The summed E-state index contributed by atoms with van der Waals surface area (Å²) in [6.45, 7) is 2.21. The lowest BCUT2D eigenvalue weighted by Crippen LogP contribution is -3.10. The first-order valence-electron chi connectivity index (χ1n) is 7.77. The van der Waals surface area contributed by atoms with Gasteiger partial charge in [0.05, 0.1) is 5.57 Å². The van der Waals surface area contributed by atoms with E-state index in [-0.39, 0.29) is 16.9 Å². The molecule has 0 aromatic heterocycles. The maximum Gasteiger partial charge on any atom is 0.140 e. The van der Waals surface area contributed by atoms with Gasteiger partial charge in [-0.15, -0.1) is 0 Å². The molecule has 1 aliphatic carbocycles. The number of hydroxylamine groups is 2. The maximum atomic E-state index is 12.4. The van der Waals surface area contributed by atoms with Crippen LogP contribution in [0.4, 0.5) is 0 Å². The summed E-state index contributed by atoms with van der Waals surface area (Å²) in [4.78, 5) is 0. The van der Waals surface area contributed by atoms with Crippen molar-refractivity contribution < 1.29 is 10.2 Å². The highest BCUT2D eigenvalue weighted by atomic mass is 16.5. The van der Waals surface area contributed by atoms with Gasteiger partial charge in [-0.25, -0.2) is 0 Å². The Morgan fingerprint density at radius 1 is 1.15 bits per heavy atom. The van der Waals surface area contributed by atoms with Crippen molar-refractivity contribution in [2.75, 3.05) is 0 Å². The zero-order valence-electron chi connectivity index (χ0n) is 12.3. The summed E-state index contributed by atoms with van der Waals surface area (Å²) in [6, 6.07) is -0.264. The number of nitrogens with one attached hydrogen (secondary N) is 1. The van der Waals surface area contributed by atoms with Gasteiger partial charge in [-0.05, 0) is 18.6 Å². The highest BCUT2D eigenvalue weighted by Gasteiger charge is 2.28. The molecule has 0 amide bonds. The second-order valence-electron chi connectivity index (χ2n) is 5.61. The first kappa shape index (κ1) is 15.1. The molecule has 0 aromatic carbocycles. The van der Waals surface area contributed by atoms with Crippen molar-refractivity contribution in [2.45, 2.75) is 57.9 Å². The number of fused-ring (bicyclic) bond motifs is 1. The average molecular weight is 275 g/mol. The van der Waals surface area contributed by atoms with Crippen molar-refractivity contribution in [3.63, 3.8) is 0 Å². The van der Waals surface area contributed by atoms with E-state index in [0.29, 0.717) is 0 Å². The standard InChI is InChI=1S/C17H25NO2/c1-2-3-4-5-6-7-10-14-13-17(19)15-11-8-9-12-16(15)18(14)20/h8-9,11-13,16,18-19H,2-7,10H2,1H3. The van der Waals surface area contributed by atoms with Gasteiger partial charge in [-0.1, -0.05) is 51.2 Å². The summed E-state index contributed by atoms with van der Waals surface area (Å²) in [5, 5.41) is 22.6. The topological polar surface area (TPSA) is 47.7 Å². The van der Waals surface area contributed by atoms with E-state index in [2.05, 4.69) is 6.92 Å². The largest absolute Gasteiger partial charge is 0.628 e. The third kappa shape index (κ3) is 3.62. The number of quaternary nitrogens is 1. The fourth-order valence-electron chi connectivity index (χ4n) is 2.83. The monoisotopic (exact) mass is 275 g/mol. The minimum atomic E-state index is -0.264. The Bertz CT molecular complexity index is 446. The van der Waals surface area contributed by atoms with Crippen molar-refractivity contribution in [1.29, 1.82) is 0 Å². The Kier molecular flexibility index (Phi) is 5.62. The first-order valence-corrected chi connectivity index (χ1v) is 7.77. The van der Waals surface area contributed by atoms with Gasteiger partial charge in [0.2, 0.25) is 0 Å². The second kappa shape index (κ2) is 7.46. The smallest absolute Gasteiger partial charge is 0.140 e. The maximum absolute atomic E-state index is 12.4. The summed E-state index contributed by atoms with van der Waals surface area (Å²) in [5.41, 5.74) is 1.52. The molecule has 3 heteroatoms. The predicted molar refractivity (Wildman–Crippen MR) is 82.1 cm³/mol. The minimum absolute atomic E-state index is 0.159. The molecule has 0 spiro atoms. The number of hydrogen-bond donors (Lipinski definition) is 2. The molecule has 0 fully saturated rings. The number of aliphatic hydroxyl groups excluding tert-OH is 1. The first-order chi connectivity index (χ1) is 9.74. The number of unbranched alkanes of at least 4 members (excludes halogenated alkanes) is 5. The van der Waals surface area contributed by atoms with Crippen LogP contribution in [-0.4, -0.2) is 11.1 Å². The minimum Gasteiger partial charge on any atom is -0.628 e. The Balaban J connectivity index is 1.87. The van der Waals surface area contributed by atoms with Gasteiger partial charge in [-0.2, -0.15) is 0 Å². The fraction of sp³-hybridized carbons (Fsp3) is 0.529. The molecule has 2 atom stereocenters. The van der Waals surface area contributed by atoms with E-state index < -0.39 is 0 Å². The SMILES string of the molecule is CCCCCCCCC1=CC(O)=C2C=CC=CC2[NH+]1[O-]. The van der Waals surface area contributed by atoms with E-state index in [0.717, 1.165) is 24.1 Å². The number of aliphatic hydroxyl groups is 1. The van der Waals surface area contributed by atoms with Crippen molar-refractivity contribution in [3.05, 3.63) is 52.6 Å². The summed E-state index contributed by atoms with van der Waals surface area (Å²) < 4.78 is 0. The molecule has 3 nitrogen and oxygen atoms in total. The number of allylic oxidation sites excluding steroid dienone is 4. The molecule has 2 N–H and O–H groups in total. The van der Waals surface area contributed by atoms with E-state index >= 15 is 0 Å². The summed E-state index contributed by atoms with van der Waals surface area (Å²) in [5.74, 6) is 0.260. The van der Waals surface area contributed by atoms with Gasteiger partial charge < -0.3 is 15.4 Å². The molecule has 0 saturated heterocycles. The van der Waals surface area contributed by atoms with Crippen LogP contribution < -0.4 is 5.06 Å². The van der Waals surface area contributed by atoms with Crippen LogP contribution >= 0.6 is 0 Å². The second-order valence-corrected chi connectivity index (χ2v) is 5.61. The number of rotatable bonds is 7. The highest BCUT2D eigenvalue weighted by molar-refractivity contribution is 5.41. The van der Waals surface area contributed by atoms with Crippen molar-refractivity contribution >= 4 is 0 Å². The predicted octanol–water partition coefficient (Wildman–Crippen LogP) is 3.32. The molecule has 20 heavy (non-hydrogen) atoms. The normalized spacial score (nSPS) is 24.8. The molecule has 1 heterocycles. The summed E-state index contributed by atoms with van der Waals surface area (Å²) in [7, 11) is 0. The van der Waals surface area contributed by atoms with Gasteiger partial charge in [0.25, 0.3) is 0 Å². The lowest BCUT2D eigenvalue weighted by Gasteiger charge is -2.35. The molecule has 0 aromatic rings. The van der Waals surface area contributed by atoms with Crippen LogP contribution in [0.15, 0.2) is 47.4 Å². The molecule has 1 aliphatic heterocycles. The summed E-state index contributed by atoms with van der Waals surface area (Å²) >= 11 is 0. The third-order valence-corrected chi connectivity index (χ3v) is 4.03. The van der Waals surface area contributed by atoms with E-state index in [1.54, 1.807) is 6.08 Å². The molecular weight excluding hydrogens is 250 g/mol. The molecule has 2 aliphatic rings. The Labute approximate surface area is 121 Å². The molecule has 0 bridgehead atoms. The summed E-state index contributed by atoms with van der Waals surface area (Å²) in [6.07, 6.45) is 17.2. The fourth-order valence-corrected chi connectivity index (χ4v) is 2.83. The van der Waals surface area contributed by atoms with Gasteiger partial charge in [0, 0.05) is 12.5 Å². The van der Waals surface area contributed by atoms with Crippen LogP contribution in [0.5, 0.6) is 0 Å². The van der Waals surface area contributed by atoms with Gasteiger partial charge in [0.1, 0.15) is 17.5 Å². The van der Waals surface area contributed by atoms with Crippen LogP contribution in [0.1, 0.15) is 51.9 Å². The van der Waals surface area contributed by atoms with E-state index in [9.17, 15) is 10.3 Å². The van der Waals surface area contributed by atoms with Crippen molar-refractivity contribution in [1.82, 2.24) is 0 Å². The van der Waals surface area contributed by atoms with Crippen molar-refractivity contribution in [3.8, 4) is 0 Å². The highest BCUT2D eigenvalue weighted by Crippen LogP contribution is 2.20. The Hall–Kier alpha value is -1.32. The van der Waals surface area contributed by atoms with Crippen LogP contribution in [0.2, 0.25) is 0 Å². The molecule has 0 radical (unpaired) electrons. The molecule has 2 unspecified atom stereocenters. The molecular formula is C17H25NO2. The molecule has 2 rings (SSSR count). The van der Waals surface area contributed by atoms with Crippen LogP contribution in [0, 0.1) is 5.21 Å². The molecule has 0 saturated carbocycles. The lowest BCUT2D eigenvalue weighted by atomic mass is 9.95.